The van der Waals surface area contributed by atoms with Crippen LogP contribution in [0.5, 0.6) is 5.88 Å². The van der Waals surface area contributed by atoms with Gasteiger partial charge in [-0.15, -0.1) is 0 Å². The molecule has 2 aromatic heterocycles. The minimum absolute atomic E-state index is 0.132. The Kier molecular flexibility index (Phi) is 5.49. The summed E-state index contributed by atoms with van der Waals surface area (Å²) in [6.45, 7) is 1.99. The summed E-state index contributed by atoms with van der Waals surface area (Å²) in [6.07, 6.45) is 1.68. The predicted molar refractivity (Wildman–Crippen MR) is 113 cm³/mol. The Morgan fingerprint density at radius 3 is 2.52 bits per heavy atom. The average Bonchev–Trinajstić information content (AvgIpc) is 3.29. The van der Waals surface area contributed by atoms with E-state index in [4.69, 9.17) is 9.26 Å². The summed E-state index contributed by atoms with van der Waals surface area (Å²) < 4.78 is 29.7. The molecule has 0 atom stereocenters. The molecule has 0 bridgehead atoms. The van der Waals surface area contributed by atoms with Crippen molar-refractivity contribution in [3.63, 3.8) is 0 Å². The van der Waals surface area contributed by atoms with E-state index in [0.717, 1.165) is 22.3 Å². The molecule has 7 heteroatoms. The number of ether oxygens (including phenoxy) is 2. The summed E-state index contributed by atoms with van der Waals surface area (Å²) in [7, 11) is 2.80. The SMILES string of the molecule is COC(=O)c1ccc(-c2cc(-c3ccc(-c4cccnc4OC)c(C)c3)on2)cc1F. The van der Waals surface area contributed by atoms with Crippen molar-refractivity contribution in [3.8, 4) is 39.6 Å². The zero-order valence-corrected chi connectivity index (χ0v) is 17.2. The minimum Gasteiger partial charge on any atom is -0.481 e. The number of nitrogens with zero attached hydrogens (tertiary/aromatic N) is 2. The first-order valence-electron chi connectivity index (χ1n) is 9.47. The molecule has 2 heterocycles. The smallest absolute Gasteiger partial charge is 0.340 e. The van der Waals surface area contributed by atoms with Crippen LogP contribution in [0, 0.1) is 12.7 Å². The van der Waals surface area contributed by atoms with Gasteiger partial charge in [0.05, 0.1) is 19.8 Å². The molecule has 0 aliphatic carbocycles. The van der Waals surface area contributed by atoms with Crippen LogP contribution in [0.15, 0.2) is 65.3 Å². The summed E-state index contributed by atoms with van der Waals surface area (Å²) in [5.41, 5.74) is 4.55. The molecule has 0 N–H and O–H groups in total. The number of rotatable bonds is 5. The number of hydrogen-bond acceptors (Lipinski definition) is 6. The van der Waals surface area contributed by atoms with E-state index in [1.54, 1.807) is 25.4 Å². The Bertz CT molecular complexity index is 1270. The number of aryl methyl sites for hydroxylation is 1. The first-order chi connectivity index (χ1) is 15.0. The predicted octanol–water partition coefficient (Wildman–Crippen LogP) is 5.31. The van der Waals surface area contributed by atoms with E-state index in [0.29, 0.717) is 22.9 Å². The van der Waals surface area contributed by atoms with Gasteiger partial charge >= 0.3 is 5.97 Å². The second-order valence-electron chi connectivity index (χ2n) is 6.85. The molecule has 0 amide bonds. The van der Waals surface area contributed by atoms with Crippen LogP contribution in [0.1, 0.15) is 15.9 Å². The van der Waals surface area contributed by atoms with Gasteiger partial charge in [0.15, 0.2) is 5.76 Å². The topological polar surface area (TPSA) is 74.5 Å². The van der Waals surface area contributed by atoms with E-state index < -0.39 is 11.8 Å². The van der Waals surface area contributed by atoms with E-state index in [1.807, 2.05) is 37.3 Å². The van der Waals surface area contributed by atoms with Crippen molar-refractivity contribution < 1.29 is 23.2 Å². The van der Waals surface area contributed by atoms with Crippen molar-refractivity contribution in [2.75, 3.05) is 14.2 Å². The van der Waals surface area contributed by atoms with Crippen molar-refractivity contribution >= 4 is 5.97 Å². The highest BCUT2D eigenvalue weighted by Crippen LogP contribution is 2.34. The summed E-state index contributed by atoms with van der Waals surface area (Å²) in [5.74, 6) is -0.316. The van der Waals surface area contributed by atoms with Crippen LogP contribution < -0.4 is 4.74 Å². The Morgan fingerprint density at radius 1 is 1.00 bits per heavy atom. The molecule has 0 spiro atoms. The molecule has 0 radical (unpaired) electrons. The van der Waals surface area contributed by atoms with E-state index in [9.17, 15) is 9.18 Å². The molecule has 2 aromatic carbocycles. The standard InChI is InChI=1S/C24H19FN2O4/c1-14-11-16(7-8-17(14)18-5-4-10-26-23(18)29-2)22-13-21(27-31-22)15-6-9-19(20(25)12-15)24(28)30-3/h4-13H,1-3H3. The molecule has 0 aliphatic rings. The molecule has 6 nitrogen and oxygen atoms in total. The number of benzene rings is 2. The molecular weight excluding hydrogens is 399 g/mol. The molecular formula is C24H19FN2O4. The fraction of sp³-hybridized carbons (Fsp3) is 0.125. The normalized spacial score (nSPS) is 10.7. The van der Waals surface area contributed by atoms with Gasteiger partial charge in [-0.25, -0.2) is 14.2 Å². The quantitative estimate of drug-likeness (QED) is 0.409. The van der Waals surface area contributed by atoms with Crippen LogP contribution in [0.3, 0.4) is 0 Å². The van der Waals surface area contributed by atoms with Crippen LogP contribution in [-0.2, 0) is 4.74 Å². The highest BCUT2D eigenvalue weighted by atomic mass is 19.1. The van der Waals surface area contributed by atoms with Crippen LogP contribution in [0.4, 0.5) is 4.39 Å². The largest absolute Gasteiger partial charge is 0.481 e. The summed E-state index contributed by atoms with van der Waals surface area (Å²) >= 11 is 0. The van der Waals surface area contributed by atoms with Gasteiger partial charge in [0, 0.05) is 29.0 Å². The van der Waals surface area contributed by atoms with Crippen LogP contribution in [0.25, 0.3) is 33.7 Å². The third kappa shape index (κ3) is 3.90. The lowest BCUT2D eigenvalue weighted by Gasteiger charge is -2.10. The average molecular weight is 418 g/mol. The third-order valence-corrected chi connectivity index (χ3v) is 4.95. The highest BCUT2D eigenvalue weighted by Gasteiger charge is 2.16. The van der Waals surface area contributed by atoms with Crippen LogP contribution >= 0.6 is 0 Å². The van der Waals surface area contributed by atoms with Gasteiger partial charge in [-0.3, -0.25) is 0 Å². The number of methoxy groups -OCH3 is 2. The Hall–Kier alpha value is -4.00. The third-order valence-electron chi connectivity index (χ3n) is 4.95. The van der Waals surface area contributed by atoms with Gasteiger partial charge in [0.25, 0.3) is 0 Å². The van der Waals surface area contributed by atoms with E-state index in [1.165, 1.54) is 19.2 Å². The monoisotopic (exact) mass is 418 g/mol. The first kappa shape index (κ1) is 20.3. The fourth-order valence-corrected chi connectivity index (χ4v) is 3.37. The number of aromatic nitrogens is 2. The summed E-state index contributed by atoms with van der Waals surface area (Å²) in [4.78, 5) is 15.8. The van der Waals surface area contributed by atoms with Crippen LogP contribution in [-0.4, -0.2) is 30.3 Å². The van der Waals surface area contributed by atoms with Gasteiger partial charge in [-0.2, -0.15) is 0 Å². The maximum atomic E-state index is 14.2. The molecule has 0 saturated heterocycles. The zero-order valence-electron chi connectivity index (χ0n) is 17.2. The lowest BCUT2D eigenvalue weighted by Crippen LogP contribution is -2.04. The van der Waals surface area contributed by atoms with Gasteiger partial charge in [0.2, 0.25) is 5.88 Å². The second kappa shape index (κ2) is 8.39. The zero-order chi connectivity index (χ0) is 22.0. The molecule has 4 rings (SSSR count). The molecule has 0 saturated carbocycles. The van der Waals surface area contributed by atoms with Crippen molar-refractivity contribution in [3.05, 3.63) is 77.7 Å². The number of esters is 1. The Balaban J connectivity index is 1.65. The molecule has 0 fully saturated rings. The highest BCUT2D eigenvalue weighted by molar-refractivity contribution is 5.90. The lowest BCUT2D eigenvalue weighted by atomic mass is 9.98. The Morgan fingerprint density at radius 2 is 1.81 bits per heavy atom. The first-order valence-corrected chi connectivity index (χ1v) is 9.47. The fourth-order valence-electron chi connectivity index (χ4n) is 3.37. The van der Waals surface area contributed by atoms with Crippen molar-refractivity contribution in [2.24, 2.45) is 0 Å². The van der Waals surface area contributed by atoms with Crippen molar-refractivity contribution in [2.45, 2.75) is 6.92 Å². The van der Waals surface area contributed by atoms with Crippen molar-refractivity contribution in [1.29, 1.82) is 0 Å². The number of hydrogen-bond donors (Lipinski definition) is 0. The van der Waals surface area contributed by atoms with Gasteiger partial charge < -0.3 is 14.0 Å². The minimum atomic E-state index is -0.731. The number of carbonyl (C=O) groups is 1. The maximum Gasteiger partial charge on any atom is 0.340 e. The van der Waals surface area contributed by atoms with Crippen LogP contribution in [0.2, 0.25) is 0 Å². The summed E-state index contributed by atoms with van der Waals surface area (Å²) in [6, 6.07) is 15.6. The van der Waals surface area contributed by atoms with Gasteiger partial charge in [0.1, 0.15) is 11.5 Å². The molecule has 156 valence electrons. The number of pyridine rings is 1. The maximum absolute atomic E-state index is 14.2. The van der Waals surface area contributed by atoms with E-state index >= 15 is 0 Å². The van der Waals surface area contributed by atoms with Gasteiger partial charge in [-0.1, -0.05) is 23.4 Å². The molecule has 4 aromatic rings. The molecule has 31 heavy (non-hydrogen) atoms. The van der Waals surface area contributed by atoms with E-state index in [-0.39, 0.29) is 5.56 Å². The lowest BCUT2D eigenvalue weighted by molar-refractivity contribution is 0.0595. The molecule has 0 unspecified atom stereocenters. The van der Waals surface area contributed by atoms with E-state index in [2.05, 4.69) is 14.9 Å². The second-order valence-corrected chi connectivity index (χ2v) is 6.85. The summed E-state index contributed by atoms with van der Waals surface area (Å²) in [5, 5.41) is 4.05. The number of carbonyl (C=O) groups excluding carboxylic acids is 1. The Labute approximate surface area is 178 Å². The number of halogens is 1. The van der Waals surface area contributed by atoms with Gasteiger partial charge in [-0.05, 0) is 48.4 Å². The van der Waals surface area contributed by atoms with Crippen molar-refractivity contribution in [1.82, 2.24) is 10.1 Å². The molecule has 0 aliphatic heterocycles.